The van der Waals surface area contributed by atoms with Gasteiger partial charge in [-0.25, -0.2) is 0 Å². The van der Waals surface area contributed by atoms with Crippen molar-refractivity contribution < 1.29 is 4.74 Å². The Morgan fingerprint density at radius 1 is 0.867 bits per heavy atom. The van der Waals surface area contributed by atoms with Crippen LogP contribution in [0.4, 0.5) is 11.4 Å². The third-order valence-electron chi connectivity index (χ3n) is 7.76. The molecule has 0 atom stereocenters. The highest BCUT2D eigenvalue weighted by atomic mass is 16.5. The average molecular weight is 407 g/mol. The van der Waals surface area contributed by atoms with Gasteiger partial charge < -0.3 is 15.8 Å². The van der Waals surface area contributed by atoms with E-state index in [1.54, 1.807) is 0 Å². The number of rotatable bonds is 6. The SMILES string of the molecule is CCC1CCC(C2CCC(c3ccc(Oc4ccc(N)cc4NC)cc3)CC2)CC1. The highest BCUT2D eigenvalue weighted by Crippen LogP contribution is 2.44. The Morgan fingerprint density at radius 2 is 1.50 bits per heavy atom. The van der Waals surface area contributed by atoms with Crippen molar-refractivity contribution in [1.29, 1.82) is 0 Å². The minimum absolute atomic E-state index is 0.715. The smallest absolute Gasteiger partial charge is 0.150 e. The first kappa shape index (κ1) is 21.1. The maximum absolute atomic E-state index is 6.09. The molecule has 0 radical (unpaired) electrons. The summed E-state index contributed by atoms with van der Waals surface area (Å²) in [5, 5.41) is 3.15. The third-order valence-corrected chi connectivity index (χ3v) is 7.76. The summed E-state index contributed by atoms with van der Waals surface area (Å²) in [6.45, 7) is 2.36. The van der Waals surface area contributed by atoms with Crippen LogP contribution >= 0.6 is 0 Å². The van der Waals surface area contributed by atoms with Crippen molar-refractivity contribution in [2.24, 2.45) is 17.8 Å². The van der Waals surface area contributed by atoms with Gasteiger partial charge in [-0.1, -0.05) is 38.3 Å². The van der Waals surface area contributed by atoms with E-state index in [4.69, 9.17) is 10.5 Å². The minimum Gasteiger partial charge on any atom is -0.455 e. The zero-order valence-electron chi connectivity index (χ0n) is 18.7. The highest BCUT2D eigenvalue weighted by molar-refractivity contribution is 5.64. The number of hydrogen-bond donors (Lipinski definition) is 2. The van der Waals surface area contributed by atoms with E-state index in [0.29, 0.717) is 5.92 Å². The molecule has 2 aromatic carbocycles. The standard InChI is InChI=1S/C27H38N2O/c1-3-19-4-6-20(7-5-19)21-8-10-22(11-9-21)23-12-15-25(16-13-23)30-27-17-14-24(28)18-26(27)29-2/h12-22,29H,3-11,28H2,1-2H3. The summed E-state index contributed by atoms with van der Waals surface area (Å²) in [7, 11) is 1.89. The van der Waals surface area contributed by atoms with Crippen LogP contribution in [0.5, 0.6) is 11.5 Å². The van der Waals surface area contributed by atoms with Gasteiger partial charge in [0.25, 0.3) is 0 Å². The van der Waals surface area contributed by atoms with Crippen LogP contribution in [-0.2, 0) is 0 Å². The van der Waals surface area contributed by atoms with Crippen LogP contribution in [-0.4, -0.2) is 7.05 Å². The van der Waals surface area contributed by atoms with Crippen molar-refractivity contribution in [2.75, 3.05) is 18.1 Å². The van der Waals surface area contributed by atoms with Crippen LogP contribution in [0.15, 0.2) is 42.5 Å². The topological polar surface area (TPSA) is 47.3 Å². The zero-order valence-corrected chi connectivity index (χ0v) is 18.7. The van der Waals surface area contributed by atoms with Gasteiger partial charge in [0, 0.05) is 12.7 Å². The Bertz CT molecular complexity index is 800. The summed E-state index contributed by atoms with van der Waals surface area (Å²) in [4.78, 5) is 0. The van der Waals surface area contributed by atoms with Gasteiger partial charge in [-0.3, -0.25) is 0 Å². The Balaban J connectivity index is 1.31. The number of ether oxygens (including phenoxy) is 1. The normalized spacial score (nSPS) is 26.9. The van der Waals surface area contributed by atoms with Crippen LogP contribution in [0.25, 0.3) is 0 Å². The summed E-state index contributed by atoms with van der Waals surface area (Å²) >= 11 is 0. The summed E-state index contributed by atoms with van der Waals surface area (Å²) < 4.78 is 6.09. The second-order valence-electron chi connectivity index (χ2n) is 9.48. The molecular weight excluding hydrogens is 368 g/mol. The predicted molar refractivity (Wildman–Crippen MR) is 127 cm³/mol. The van der Waals surface area contributed by atoms with E-state index in [-0.39, 0.29) is 0 Å². The van der Waals surface area contributed by atoms with Gasteiger partial charge in [0.05, 0.1) is 5.69 Å². The van der Waals surface area contributed by atoms with E-state index in [9.17, 15) is 0 Å². The fourth-order valence-corrected chi connectivity index (χ4v) is 5.76. The molecule has 0 aromatic heterocycles. The Hall–Kier alpha value is -2.16. The third kappa shape index (κ3) is 4.94. The van der Waals surface area contributed by atoms with Crippen molar-refractivity contribution in [3.8, 4) is 11.5 Å². The molecule has 2 aliphatic rings. The van der Waals surface area contributed by atoms with Gasteiger partial charge in [0.15, 0.2) is 5.75 Å². The number of nitrogen functional groups attached to an aromatic ring is 1. The van der Waals surface area contributed by atoms with Gasteiger partial charge in [-0.05, 0) is 98.1 Å². The van der Waals surface area contributed by atoms with E-state index >= 15 is 0 Å². The molecule has 0 unspecified atom stereocenters. The van der Waals surface area contributed by atoms with Crippen molar-refractivity contribution >= 4 is 11.4 Å². The highest BCUT2D eigenvalue weighted by Gasteiger charge is 2.30. The molecule has 0 bridgehead atoms. The Labute approximate surface area is 182 Å². The molecule has 4 rings (SSSR count). The summed E-state index contributed by atoms with van der Waals surface area (Å²) in [6.07, 6.45) is 12.8. The molecule has 30 heavy (non-hydrogen) atoms. The lowest BCUT2D eigenvalue weighted by Gasteiger charge is -2.38. The molecule has 3 N–H and O–H groups in total. The van der Waals surface area contributed by atoms with Gasteiger partial charge >= 0.3 is 0 Å². The quantitative estimate of drug-likeness (QED) is 0.486. The van der Waals surface area contributed by atoms with Crippen LogP contribution < -0.4 is 15.8 Å². The summed E-state index contributed by atoms with van der Waals surface area (Å²) in [6, 6.07) is 14.5. The van der Waals surface area contributed by atoms with Gasteiger partial charge in [0.2, 0.25) is 0 Å². The lowest BCUT2D eigenvalue weighted by molar-refractivity contribution is 0.158. The number of nitrogens with one attached hydrogen (secondary N) is 1. The Kier molecular flexibility index (Phi) is 6.86. The number of nitrogens with two attached hydrogens (primary N) is 1. The van der Waals surface area contributed by atoms with E-state index in [1.807, 2.05) is 25.2 Å². The maximum atomic E-state index is 6.09. The number of anilines is 2. The summed E-state index contributed by atoms with van der Waals surface area (Å²) in [5.41, 5.74) is 8.99. The first-order valence-corrected chi connectivity index (χ1v) is 12.0. The second-order valence-corrected chi connectivity index (χ2v) is 9.48. The monoisotopic (exact) mass is 406 g/mol. The van der Waals surface area contributed by atoms with Crippen LogP contribution in [0.1, 0.15) is 76.2 Å². The average Bonchev–Trinajstić information content (AvgIpc) is 2.81. The van der Waals surface area contributed by atoms with Gasteiger partial charge in [-0.2, -0.15) is 0 Å². The van der Waals surface area contributed by atoms with Gasteiger partial charge in [0.1, 0.15) is 5.75 Å². The molecule has 3 heteroatoms. The van der Waals surface area contributed by atoms with Crippen molar-refractivity contribution in [3.63, 3.8) is 0 Å². The van der Waals surface area contributed by atoms with Crippen molar-refractivity contribution in [3.05, 3.63) is 48.0 Å². The van der Waals surface area contributed by atoms with Crippen molar-refractivity contribution in [2.45, 2.75) is 70.6 Å². The molecular formula is C27H38N2O. The van der Waals surface area contributed by atoms with Crippen LogP contribution in [0, 0.1) is 17.8 Å². The van der Waals surface area contributed by atoms with E-state index < -0.39 is 0 Å². The zero-order chi connectivity index (χ0) is 20.9. The second kappa shape index (κ2) is 9.76. The largest absolute Gasteiger partial charge is 0.455 e. The summed E-state index contributed by atoms with van der Waals surface area (Å²) in [5.74, 6) is 5.39. The van der Waals surface area contributed by atoms with E-state index in [1.165, 1.54) is 63.4 Å². The predicted octanol–water partition coefficient (Wildman–Crippen LogP) is 7.59. The molecule has 162 valence electrons. The number of hydrogen-bond acceptors (Lipinski definition) is 3. The molecule has 2 fully saturated rings. The lowest BCUT2D eigenvalue weighted by Crippen LogP contribution is -2.25. The van der Waals surface area contributed by atoms with Crippen molar-refractivity contribution in [1.82, 2.24) is 0 Å². The maximum Gasteiger partial charge on any atom is 0.150 e. The molecule has 0 heterocycles. The molecule has 2 aromatic rings. The molecule has 0 spiro atoms. The minimum atomic E-state index is 0.715. The molecule has 3 nitrogen and oxygen atoms in total. The van der Waals surface area contributed by atoms with Gasteiger partial charge in [-0.15, -0.1) is 0 Å². The van der Waals surface area contributed by atoms with E-state index in [2.05, 4.69) is 36.5 Å². The Morgan fingerprint density at radius 3 is 2.10 bits per heavy atom. The first-order valence-electron chi connectivity index (χ1n) is 12.0. The molecule has 0 amide bonds. The molecule has 0 saturated heterocycles. The molecule has 0 aliphatic heterocycles. The molecule has 2 saturated carbocycles. The van der Waals surface area contributed by atoms with E-state index in [0.717, 1.165) is 40.6 Å². The fourth-order valence-electron chi connectivity index (χ4n) is 5.76. The fraction of sp³-hybridized carbons (Fsp3) is 0.556. The van der Waals surface area contributed by atoms with Crippen LogP contribution in [0.2, 0.25) is 0 Å². The molecule has 2 aliphatic carbocycles. The van der Waals surface area contributed by atoms with Crippen LogP contribution in [0.3, 0.4) is 0 Å². The number of benzene rings is 2. The lowest BCUT2D eigenvalue weighted by atomic mass is 9.68. The first-order chi connectivity index (χ1) is 14.7.